The first-order valence-electron chi connectivity index (χ1n) is 22.8. The number of hydrogen-bond acceptors (Lipinski definition) is 7. The topological polar surface area (TPSA) is 131 Å². The van der Waals surface area contributed by atoms with Crippen LogP contribution in [0.25, 0.3) is 0 Å². The Morgan fingerprint density at radius 2 is 1.00 bits per heavy atom. The predicted octanol–water partition coefficient (Wildman–Crippen LogP) is 12.9. The Hall–Kier alpha value is -2.29. The normalized spacial score (nSPS) is 13.8. The molecule has 57 heavy (non-hydrogen) atoms. The molecular weight excluding hydrogens is 737 g/mol. The van der Waals surface area contributed by atoms with Crippen molar-refractivity contribution in [3.63, 3.8) is 0 Å². The SMILES string of the molecule is CC/C=C\C/C=C\C/C=C\C/C=C\C/C=C\CCCC(=O)NCCOP(=O)(O)OCC(O)COC(=O)CCCCCCCCCCCCCCCCCCCCC. The van der Waals surface area contributed by atoms with Gasteiger partial charge in [0.1, 0.15) is 12.7 Å². The number of esters is 1. The minimum absolute atomic E-state index is 0.0497. The standard InChI is InChI=1S/C47H84NO8P/c1-3-5-7-9-11-13-15-17-19-21-22-24-26-28-30-32-34-36-38-40-47(51)54-43-45(49)44-56-57(52,53)55-42-41-48-46(50)39-37-35-33-31-29-27-25-23-20-18-16-14-12-10-8-6-4-2/h6,8,12,14,18,20,25,27,31,33,45,49H,3-5,7,9-11,13,15-17,19,21-24,26,28-30,32,34-44H2,1-2H3,(H,48,50)(H,52,53)/b8-6-,14-12-,20-18-,27-25-,33-31-. The first kappa shape index (κ1) is 54.7. The van der Waals surface area contributed by atoms with E-state index in [2.05, 4.69) is 79.9 Å². The summed E-state index contributed by atoms with van der Waals surface area (Å²) in [6.07, 6.45) is 51.6. The van der Waals surface area contributed by atoms with Gasteiger partial charge in [0.05, 0.1) is 13.2 Å². The summed E-state index contributed by atoms with van der Waals surface area (Å²) in [5.74, 6) is -0.574. The van der Waals surface area contributed by atoms with E-state index in [1.54, 1.807) is 0 Å². The van der Waals surface area contributed by atoms with E-state index in [4.69, 9.17) is 13.8 Å². The molecule has 0 bridgehead atoms. The summed E-state index contributed by atoms with van der Waals surface area (Å²) in [5.41, 5.74) is 0. The molecule has 9 nitrogen and oxygen atoms in total. The summed E-state index contributed by atoms with van der Waals surface area (Å²) in [5, 5.41) is 12.7. The monoisotopic (exact) mass is 822 g/mol. The van der Waals surface area contributed by atoms with Gasteiger partial charge in [-0.15, -0.1) is 0 Å². The van der Waals surface area contributed by atoms with E-state index in [9.17, 15) is 24.2 Å². The molecule has 0 spiro atoms. The Bertz CT molecular complexity index is 1120. The van der Waals surface area contributed by atoms with E-state index >= 15 is 0 Å². The van der Waals surface area contributed by atoms with E-state index in [1.165, 1.54) is 103 Å². The number of nitrogens with one attached hydrogen (secondary N) is 1. The lowest BCUT2D eigenvalue weighted by atomic mass is 10.0. The fraction of sp³-hybridized carbons (Fsp3) is 0.745. The molecular formula is C47H84NO8P. The molecule has 0 heterocycles. The maximum atomic E-state index is 12.1. The number of carbonyl (C=O) groups excluding carboxylic acids is 2. The molecule has 0 aromatic carbocycles. The van der Waals surface area contributed by atoms with Gasteiger partial charge in [0.25, 0.3) is 0 Å². The second-order valence-electron chi connectivity index (χ2n) is 15.0. The van der Waals surface area contributed by atoms with Crippen molar-refractivity contribution >= 4 is 19.7 Å². The highest BCUT2D eigenvalue weighted by atomic mass is 31.2. The summed E-state index contributed by atoms with van der Waals surface area (Å²) in [4.78, 5) is 33.9. The Labute approximate surface area is 348 Å². The third-order valence-corrected chi connectivity index (χ3v) is 10.4. The van der Waals surface area contributed by atoms with E-state index in [1.807, 2.05) is 0 Å². The molecule has 330 valence electrons. The Morgan fingerprint density at radius 3 is 1.47 bits per heavy atom. The maximum Gasteiger partial charge on any atom is 0.472 e. The maximum absolute atomic E-state index is 12.1. The van der Waals surface area contributed by atoms with Crippen molar-refractivity contribution in [3.05, 3.63) is 60.8 Å². The quantitative estimate of drug-likeness (QED) is 0.0240. The molecule has 0 aliphatic rings. The largest absolute Gasteiger partial charge is 0.472 e. The summed E-state index contributed by atoms with van der Waals surface area (Å²) >= 11 is 0. The van der Waals surface area contributed by atoms with E-state index in [0.717, 1.165) is 57.8 Å². The van der Waals surface area contributed by atoms with Crippen molar-refractivity contribution in [2.24, 2.45) is 0 Å². The van der Waals surface area contributed by atoms with Gasteiger partial charge in [0, 0.05) is 19.4 Å². The number of rotatable bonds is 42. The fourth-order valence-electron chi connectivity index (χ4n) is 6.06. The van der Waals surface area contributed by atoms with Gasteiger partial charge in [-0.25, -0.2) is 4.57 Å². The van der Waals surface area contributed by atoms with Crippen LogP contribution in [0.1, 0.15) is 194 Å². The number of hydrogen-bond donors (Lipinski definition) is 3. The van der Waals surface area contributed by atoms with E-state index in [0.29, 0.717) is 12.8 Å². The number of aliphatic hydroxyl groups is 1. The molecule has 2 unspecified atom stereocenters. The van der Waals surface area contributed by atoms with Crippen LogP contribution >= 0.6 is 7.82 Å². The lowest BCUT2D eigenvalue weighted by Crippen LogP contribution is -2.27. The molecule has 0 fully saturated rings. The lowest BCUT2D eigenvalue weighted by molar-refractivity contribution is -0.147. The molecule has 0 aliphatic heterocycles. The number of phosphoric ester groups is 1. The van der Waals surface area contributed by atoms with Crippen LogP contribution in [0, 0.1) is 0 Å². The van der Waals surface area contributed by atoms with Crippen LogP contribution in [0.5, 0.6) is 0 Å². The Kier molecular flexibility index (Phi) is 41.6. The molecule has 2 atom stereocenters. The average molecular weight is 822 g/mol. The van der Waals surface area contributed by atoms with E-state index < -0.39 is 26.5 Å². The van der Waals surface area contributed by atoms with Crippen LogP contribution in [0.3, 0.4) is 0 Å². The van der Waals surface area contributed by atoms with Crippen LogP contribution in [0.4, 0.5) is 0 Å². The minimum Gasteiger partial charge on any atom is -0.463 e. The molecule has 0 radical (unpaired) electrons. The van der Waals surface area contributed by atoms with Crippen LogP contribution in [-0.4, -0.2) is 54.3 Å². The van der Waals surface area contributed by atoms with Gasteiger partial charge in [-0.3, -0.25) is 18.6 Å². The van der Waals surface area contributed by atoms with E-state index in [-0.39, 0.29) is 32.1 Å². The van der Waals surface area contributed by atoms with Crippen LogP contribution in [0.15, 0.2) is 60.8 Å². The van der Waals surface area contributed by atoms with Crippen molar-refractivity contribution in [1.82, 2.24) is 5.32 Å². The van der Waals surface area contributed by atoms with Crippen LogP contribution in [-0.2, 0) is 27.9 Å². The average Bonchev–Trinajstić information content (AvgIpc) is 3.20. The van der Waals surface area contributed by atoms with Crippen molar-refractivity contribution in [3.8, 4) is 0 Å². The zero-order valence-electron chi connectivity index (χ0n) is 36.3. The number of amides is 1. The highest BCUT2D eigenvalue weighted by Gasteiger charge is 2.23. The van der Waals surface area contributed by atoms with Gasteiger partial charge < -0.3 is 20.1 Å². The van der Waals surface area contributed by atoms with Gasteiger partial charge in [-0.1, -0.05) is 190 Å². The van der Waals surface area contributed by atoms with Gasteiger partial charge in [-0.2, -0.15) is 0 Å². The molecule has 0 saturated carbocycles. The number of carbonyl (C=O) groups is 2. The minimum atomic E-state index is -4.43. The highest BCUT2D eigenvalue weighted by molar-refractivity contribution is 7.47. The second kappa shape index (κ2) is 43.3. The van der Waals surface area contributed by atoms with Gasteiger partial charge in [0.2, 0.25) is 5.91 Å². The number of unbranched alkanes of at least 4 members (excludes halogenated alkanes) is 19. The molecule has 0 aliphatic carbocycles. The first-order valence-corrected chi connectivity index (χ1v) is 24.3. The Balaban J connectivity index is 3.64. The van der Waals surface area contributed by atoms with Gasteiger partial charge in [-0.05, 0) is 51.4 Å². The van der Waals surface area contributed by atoms with Crippen LogP contribution < -0.4 is 5.32 Å². The third-order valence-electron chi connectivity index (χ3n) is 9.46. The Morgan fingerprint density at radius 1 is 0.561 bits per heavy atom. The van der Waals surface area contributed by atoms with Crippen LogP contribution in [0.2, 0.25) is 0 Å². The highest BCUT2D eigenvalue weighted by Crippen LogP contribution is 2.42. The van der Waals surface area contributed by atoms with Crippen molar-refractivity contribution < 1.29 is 37.9 Å². The zero-order chi connectivity index (χ0) is 41.8. The lowest BCUT2D eigenvalue weighted by Gasteiger charge is -2.15. The van der Waals surface area contributed by atoms with Crippen molar-refractivity contribution in [2.45, 2.75) is 200 Å². The van der Waals surface area contributed by atoms with Crippen molar-refractivity contribution in [2.75, 3.05) is 26.4 Å². The number of phosphoric acid groups is 1. The molecule has 0 rings (SSSR count). The molecule has 1 amide bonds. The number of allylic oxidation sites excluding steroid dienone is 10. The first-order chi connectivity index (χ1) is 27.8. The summed E-state index contributed by atoms with van der Waals surface area (Å²) < 4.78 is 26.9. The molecule has 10 heteroatoms. The number of ether oxygens (including phenoxy) is 1. The molecule has 0 aromatic rings. The summed E-state index contributed by atoms with van der Waals surface area (Å²) in [6, 6.07) is 0. The van der Waals surface area contributed by atoms with Crippen molar-refractivity contribution in [1.29, 1.82) is 0 Å². The van der Waals surface area contributed by atoms with Gasteiger partial charge in [0.15, 0.2) is 0 Å². The second-order valence-corrected chi connectivity index (χ2v) is 16.5. The molecule has 0 aromatic heterocycles. The summed E-state index contributed by atoms with van der Waals surface area (Å²) in [7, 11) is -4.43. The number of aliphatic hydroxyl groups excluding tert-OH is 1. The van der Waals surface area contributed by atoms with Gasteiger partial charge >= 0.3 is 13.8 Å². The predicted molar refractivity (Wildman–Crippen MR) is 238 cm³/mol. The zero-order valence-corrected chi connectivity index (χ0v) is 37.2. The third kappa shape index (κ3) is 44.7. The smallest absolute Gasteiger partial charge is 0.463 e. The molecule has 0 saturated heterocycles. The molecule has 3 N–H and O–H groups in total. The summed E-state index contributed by atoms with van der Waals surface area (Å²) in [6.45, 7) is 3.38. The fourth-order valence-corrected chi connectivity index (χ4v) is 6.82.